The van der Waals surface area contributed by atoms with Crippen LogP contribution in [0.5, 0.6) is 0 Å². The van der Waals surface area contributed by atoms with Gasteiger partial charge in [-0.2, -0.15) is 5.26 Å². The minimum Gasteiger partial charge on any atom is -0.377 e. The molecule has 0 atom stereocenters. The Balaban J connectivity index is 1.81. The van der Waals surface area contributed by atoms with Crippen LogP contribution < -0.4 is 5.32 Å². The largest absolute Gasteiger partial charge is 0.377 e. The van der Waals surface area contributed by atoms with E-state index >= 15 is 0 Å². The van der Waals surface area contributed by atoms with Gasteiger partial charge in [0.2, 0.25) is 5.91 Å². The Bertz CT molecular complexity index is 457. The summed E-state index contributed by atoms with van der Waals surface area (Å²) in [4.78, 5) is 13.1. The summed E-state index contributed by atoms with van der Waals surface area (Å²) in [6, 6.07) is 4.10. The topological polar surface area (TPSA) is 62.1 Å². The van der Waals surface area contributed by atoms with Gasteiger partial charge in [-0.05, 0) is 30.4 Å². The van der Waals surface area contributed by atoms with Gasteiger partial charge in [0, 0.05) is 11.4 Å². The number of rotatable bonds is 4. The molecule has 0 unspecified atom stereocenters. The smallest absolute Gasteiger partial charge is 0.245 e. The van der Waals surface area contributed by atoms with Crippen molar-refractivity contribution in [3.8, 4) is 6.07 Å². The van der Waals surface area contributed by atoms with E-state index in [2.05, 4.69) is 18.3 Å². The van der Waals surface area contributed by atoms with Crippen molar-refractivity contribution in [1.29, 1.82) is 5.26 Å². The number of nitriles is 1. The van der Waals surface area contributed by atoms with Crippen LogP contribution in [0.15, 0.2) is 11.4 Å². The molecule has 5 heteroatoms. The van der Waals surface area contributed by atoms with Crippen LogP contribution in [0.1, 0.15) is 10.4 Å². The minimum atomic E-state index is -0.940. The molecule has 1 aromatic rings. The summed E-state index contributed by atoms with van der Waals surface area (Å²) >= 11 is 1.69. The lowest BCUT2D eigenvalue weighted by Gasteiger charge is -2.33. The molecule has 1 saturated heterocycles. The van der Waals surface area contributed by atoms with E-state index in [0.717, 1.165) is 6.42 Å². The van der Waals surface area contributed by atoms with Gasteiger partial charge in [0.15, 0.2) is 5.41 Å². The second-order valence-electron chi connectivity index (χ2n) is 4.22. The van der Waals surface area contributed by atoms with Crippen LogP contribution >= 0.6 is 11.3 Å². The van der Waals surface area contributed by atoms with Crippen molar-refractivity contribution in [3.63, 3.8) is 0 Å². The van der Waals surface area contributed by atoms with Gasteiger partial charge in [-0.1, -0.05) is 0 Å². The lowest BCUT2D eigenvalue weighted by Crippen LogP contribution is -2.53. The average molecular weight is 250 g/mol. The standard InChI is InChI=1S/C12H14N2O2S/c1-9-3-5-17-10(9)2-4-14-11(15)12(6-13)7-16-8-12/h3,5H,2,4,7-8H2,1H3,(H,14,15). The van der Waals surface area contributed by atoms with Crippen molar-refractivity contribution in [3.05, 3.63) is 21.9 Å². The highest BCUT2D eigenvalue weighted by Crippen LogP contribution is 2.26. The maximum absolute atomic E-state index is 11.8. The van der Waals surface area contributed by atoms with Crippen molar-refractivity contribution in [1.82, 2.24) is 5.32 Å². The molecule has 90 valence electrons. The number of nitrogens with one attached hydrogen (secondary N) is 1. The zero-order valence-corrected chi connectivity index (χ0v) is 10.5. The first-order chi connectivity index (χ1) is 8.18. The molecule has 1 aliphatic heterocycles. The average Bonchev–Trinajstić information content (AvgIpc) is 2.64. The number of hydrogen-bond donors (Lipinski definition) is 1. The Kier molecular flexibility index (Phi) is 3.46. The zero-order chi connectivity index (χ0) is 12.3. The maximum Gasteiger partial charge on any atom is 0.245 e. The molecule has 4 nitrogen and oxygen atoms in total. The van der Waals surface area contributed by atoms with Gasteiger partial charge in [-0.15, -0.1) is 11.3 Å². The van der Waals surface area contributed by atoms with Gasteiger partial charge in [-0.3, -0.25) is 4.79 Å². The summed E-state index contributed by atoms with van der Waals surface area (Å²) in [6.07, 6.45) is 0.817. The molecule has 1 aliphatic rings. The second kappa shape index (κ2) is 4.86. The third kappa shape index (κ3) is 2.33. The van der Waals surface area contributed by atoms with Gasteiger partial charge < -0.3 is 10.1 Å². The van der Waals surface area contributed by atoms with E-state index in [4.69, 9.17) is 10.00 Å². The number of thiophene rings is 1. The first-order valence-electron chi connectivity index (χ1n) is 5.48. The van der Waals surface area contributed by atoms with Gasteiger partial charge in [0.1, 0.15) is 0 Å². The molecule has 2 rings (SSSR count). The Hall–Kier alpha value is -1.38. The molecule has 1 aromatic heterocycles. The molecule has 0 radical (unpaired) electrons. The molecule has 0 aromatic carbocycles. The summed E-state index contributed by atoms with van der Waals surface area (Å²) in [6.45, 7) is 3.06. The van der Waals surface area contributed by atoms with Crippen LogP contribution in [0.2, 0.25) is 0 Å². The van der Waals surface area contributed by atoms with Crippen LogP contribution in [0, 0.1) is 23.7 Å². The SMILES string of the molecule is Cc1ccsc1CCNC(=O)C1(C#N)COC1. The molecule has 0 saturated carbocycles. The monoisotopic (exact) mass is 250 g/mol. The Morgan fingerprint density at radius 2 is 2.47 bits per heavy atom. The number of carbonyl (C=O) groups excluding carboxylic acids is 1. The maximum atomic E-state index is 11.8. The molecule has 1 N–H and O–H groups in total. The third-order valence-corrected chi connectivity index (χ3v) is 4.03. The number of amides is 1. The lowest BCUT2D eigenvalue weighted by molar-refractivity contribution is -0.149. The van der Waals surface area contributed by atoms with Crippen molar-refractivity contribution in [2.45, 2.75) is 13.3 Å². The number of aryl methyl sites for hydroxylation is 1. The van der Waals surface area contributed by atoms with E-state index in [1.165, 1.54) is 10.4 Å². The van der Waals surface area contributed by atoms with Crippen molar-refractivity contribution in [2.24, 2.45) is 5.41 Å². The molecule has 0 spiro atoms. The van der Waals surface area contributed by atoms with Gasteiger partial charge in [0.05, 0.1) is 19.3 Å². The first kappa shape index (κ1) is 12.1. The molecule has 0 bridgehead atoms. The molecular weight excluding hydrogens is 236 g/mol. The Morgan fingerprint density at radius 3 is 2.94 bits per heavy atom. The number of carbonyl (C=O) groups is 1. The fraction of sp³-hybridized carbons (Fsp3) is 0.500. The highest BCUT2D eigenvalue weighted by atomic mass is 32.1. The van der Waals surface area contributed by atoms with E-state index in [9.17, 15) is 4.79 Å². The van der Waals surface area contributed by atoms with E-state index < -0.39 is 5.41 Å². The molecule has 17 heavy (non-hydrogen) atoms. The predicted octanol–water partition coefficient (Wildman–Crippen LogP) is 1.26. The summed E-state index contributed by atoms with van der Waals surface area (Å²) in [7, 11) is 0. The third-order valence-electron chi connectivity index (χ3n) is 2.95. The summed E-state index contributed by atoms with van der Waals surface area (Å²) in [5.41, 5.74) is 0.316. The van der Waals surface area contributed by atoms with Gasteiger partial charge >= 0.3 is 0 Å². The van der Waals surface area contributed by atoms with Crippen LogP contribution in [-0.2, 0) is 16.0 Å². The van der Waals surface area contributed by atoms with Crippen LogP contribution in [0.25, 0.3) is 0 Å². The van der Waals surface area contributed by atoms with E-state index in [1.54, 1.807) is 11.3 Å². The summed E-state index contributed by atoms with van der Waals surface area (Å²) in [5, 5.41) is 13.8. The highest BCUT2D eigenvalue weighted by Gasteiger charge is 2.46. The van der Waals surface area contributed by atoms with Crippen LogP contribution in [-0.4, -0.2) is 25.7 Å². The molecule has 0 aliphatic carbocycles. The second-order valence-corrected chi connectivity index (χ2v) is 5.22. The highest BCUT2D eigenvalue weighted by molar-refractivity contribution is 7.10. The van der Waals surface area contributed by atoms with Crippen molar-refractivity contribution < 1.29 is 9.53 Å². The normalized spacial score (nSPS) is 16.9. The fourth-order valence-corrected chi connectivity index (χ4v) is 2.58. The quantitative estimate of drug-likeness (QED) is 0.875. The first-order valence-corrected chi connectivity index (χ1v) is 6.36. The fourth-order valence-electron chi connectivity index (χ4n) is 1.67. The van der Waals surface area contributed by atoms with Crippen LogP contribution in [0.3, 0.4) is 0 Å². The van der Waals surface area contributed by atoms with Crippen molar-refractivity contribution in [2.75, 3.05) is 19.8 Å². The number of hydrogen-bond acceptors (Lipinski definition) is 4. The minimum absolute atomic E-state index is 0.208. The molecule has 1 fully saturated rings. The van der Waals surface area contributed by atoms with E-state index in [1.807, 2.05) is 11.4 Å². The van der Waals surface area contributed by atoms with E-state index in [0.29, 0.717) is 6.54 Å². The summed E-state index contributed by atoms with van der Waals surface area (Å²) in [5.74, 6) is -0.208. The van der Waals surface area contributed by atoms with E-state index in [-0.39, 0.29) is 19.1 Å². The summed E-state index contributed by atoms with van der Waals surface area (Å²) < 4.78 is 4.94. The molecule has 2 heterocycles. The predicted molar refractivity (Wildman–Crippen MR) is 64.6 cm³/mol. The van der Waals surface area contributed by atoms with Crippen molar-refractivity contribution >= 4 is 17.2 Å². The number of nitrogens with zero attached hydrogens (tertiary/aromatic N) is 1. The molecular formula is C12H14N2O2S. The van der Waals surface area contributed by atoms with Crippen LogP contribution in [0.4, 0.5) is 0 Å². The van der Waals surface area contributed by atoms with Gasteiger partial charge in [0.25, 0.3) is 0 Å². The number of ether oxygens (including phenoxy) is 1. The lowest BCUT2D eigenvalue weighted by atomic mass is 9.87. The Labute approximate surface area is 104 Å². The zero-order valence-electron chi connectivity index (χ0n) is 9.66. The Morgan fingerprint density at radius 1 is 1.71 bits per heavy atom. The molecule has 1 amide bonds. The van der Waals surface area contributed by atoms with Gasteiger partial charge in [-0.25, -0.2) is 0 Å².